The molecule has 1 aromatic heterocycles. The van der Waals surface area contributed by atoms with Crippen LogP contribution in [-0.2, 0) is 16.1 Å². The van der Waals surface area contributed by atoms with Gasteiger partial charge in [-0.3, -0.25) is 9.59 Å². The molecule has 210 valence electrons. The van der Waals surface area contributed by atoms with Gasteiger partial charge in [0.1, 0.15) is 24.7 Å². The van der Waals surface area contributed by atoms with E-state index in [9.17, 15) is 14.7 Å². The number of hydrogen-bond acceptors (Lipinski definition) is 8. The van der Waals surface area contributed by atoms with E-state index in [4.69, 9.17) is 23.4 Å². The summed E-state index contributed by atoms with van der Waals surface area (Å²) in [5.74, 6) is 1.21. The lowest BCUT2D eigenvalue weighted by atomic mass is 9.94. The molecule has 0 saturated carbocycles. The molecule has 0 spiro atoms. The highest BCUT2D eigenvalue weighted by atomic mass is 16.6. The van der Waals surface area contributed by atoms with Gasteiger partial charge in [0, 0.05) is 5.56 Å². The van der Waals surface area contributed by atoms with Crippen molar-refractivity contribution in [3.05, 3.63) is 77.3 Å². The summed E-state index contributed by atoms with van der Waals surface area (Å²) in [5, 5.41) is 11.5. The highest BCUT2D eigenvalue weighted by molar-refractivity contribution is 6.46. The zero-order valence-corrected chi connectivity index (χ0v) is 22.8. The van der Waals surface area contributed by atoms with E-state index in [2.05, 4.69) is 13.8 Å². The molecule has 0 radical (unpaired) electrons. The summed E-state index contributed by atoms with van der Waals surface area (Å²) < 4.78 is 28.6. The average molecular weight is 548 g/mol. The summed E-state index contributed by atoms with van der Waals surface area (Å²) in [6, 6.07) is 12.8. The molecule has 1 atom stereocenters. The quantitative estimate of drug-likeness (QED) is 0.202. The average Bonchev–Trinajstić information content (AvgIpc) is 3.55. The summed E-state index contributed by atoms with van der Waals surface area (Å²) >= 11 is 0. The third-order valence-corrected chi connectivity index (χ3v) is 6.80. The maximum atomic E-state index is 13.5. The van der Waals surface area contributed by atoms with Crippen molar-refractivity contribution in [2.24, 2.45) is 5.92 Å². The lowest BCUT2D eigenvalue weighted by Gasteiger charge is -2.25. The first-order chi connectivity index (χ1) is 19.4. The number of rotatable bonds is 10. The molecular formula is C31H33NO8. The van der Waals surface area contributed by atoms with Gasteiger partial charge < -0.3 is 33.4 Å². The molecule has 3 heterocycles. The molecule has 9 nitrogen and oxygen atoms in total. The van der Waals surface area contributed by atoms with Crippen LogP contribution < -0.4 is 18.9 Å². The fraction of sp³-hybridized carbons (Fsp3) is 0.355. The molecule has 5 rings (SSSR count). The standard InChI is InChI=1S/C31H33NO8/c1-4-36-25-16-20(7-9-23(25)38-13-11-19(2)3)28-27(30(34)31(35)32(28)18-22-6-5-12-37-22)29(33)21-8-10-24-26(17-21)40-15-14-39-24/h5-10,12,16-17,19,28,33H,4,11,13-15,18H2,1-3H3/b29-27+/t28-/m0/s1. The summed E-state index contributed by atoms with van der Waals surface area (Å²) in [6.45, 7) is 7.88. The maximum Gasteiger partial charge on any atom is 0.296 e. The molecule has 2 aliphatic heterocycles. The maximum absolute atomic E-state index is 13.5. The Morgan fingerprint density at radius 1 is 1.02 bits per heavy atom. The Kier molecular flexibility index (Phi) is 8.00. The summed E-state index contributed by atoms with van der Waals surface area (Å²) in [6.07, 6.45) is 2.39. The smallest absolute Gasteiger partial charge is 0.296 e. The number of ether oxygens (including phenoxy) is 4. The minimum Gasteiger partial charge on any atom is -0.507 e. The monoisotopic (exact) mass is 547 g/mol. The van der Waals surface area contributed by atoms with Gasteiger partial charge in [-0.15, -0.1) is 0 Å². The zero-order chi connectivity index (χ0) is 28.2. The van der Waals surface area contributed by atoms with E-state index in [1.54, 1.807) is 48.5 Å². The topological polar surface area (TPSA) is 108 Å². The van der Waals surface area contributed by atoms with E-state index in [0.29, 0.717) is 72.2 Å². The van der Waals surface area contributed by atoms with Crippen LogP contribution in [0.5, 0.6) is 23.0 Å². The fourth-order valence-corrected chi connectivity index (χ4v) is 4.79. The van der Waals surface area contributed by atoms with Crippen LogP contribution in [0.4, 0.5) is 0 Å². The predicted octanol–water partition coefficient (Wildman–Crippen LogP) is 5.50. The van der Waals surface area contributed by atoms with Crippen LogP contribution in [-0.4, -0.2) is 48.1 Å². The molecule has 0 aliphatic carbocycles. The van der Waals surface area contributed by atoms with Crippen molar-refractivity contribution >= 4 is 17.4 Å². The highest BCUT2D eigenvalue weighted by Gasteiger charge is 2.46. The number of aliphatic hydroxyl groups excluding tert-OH is 1. The number of furan rings is 1. The lowest BCUT2D eigenvalue weighted by Crippen LogP contribution is -2.29. The van der Waals surface area contributed by atoms with Gasteiger partial charge in [-0.05, 0) is 67.3 Å². The van der Waals surface area contributed by atoms with Crippen LogP contribution in [0.25, 0.3) is 5.76 Å². The second-order valence-electron chi connectivity index (χ2n) is 10.0. The molecule has 0 bridgehead atoms. The summed E-state index contributed by atoms with van der Waals surface area (Å²) in [5.41, 5.74) is 0.887. The number of aliphatic hydroxyl groups is 1. The Hall–Kier alpha value is -4.40. The third kappa shape index (κ3) is 5.50. The van der Waals surface area contributed by atoms with Crippen molar-refractivity contribution < 1.29 is 38.1 Å². The molecule has 3 aromatic rings. The fourth-order valence-electron chi connectivity index (χ4n) is 4.79. The van der Waals surface area contributed by atoms with Crippen molar-refractivity contribution in [2.75, 3.05) is 26.4 Å². The Labute approximate surface area is 232 Å². The minimum absolute atomic E-state index is 0.0378. The Morgan fingerprint density at radius 2 is 1.82 bits per heavy atom. The highest BCUT2D eigenvalue weighted by Crippen LogP contribution is 2.44. The molecule has 40 heavy (non-hydrogen) atoms. The molecule has 1 fully saturated rings. The SMILES string of the molecule is CCOc1cc([C@H]2/C(=C(\O)c3ccc4c(c3)OCCO4)C(=O)C(=O)N2Cc2ccco2)ccc1OCCC(C)C. The number of nitrogens with zero attached hydrogens (tertiary/aromatic N) is 1. The molecule has 1 N–H and O–H groups in total. The van der Waals surface area contributed by atoms with Crippen molar-refractivity contribution in [1.82, 2.24) is 4.90 Å². The molecule has 2 aromatic carbocycles. The van der Waals surface area contributed by atoms with E-state index in [-0.39, 0.29) is 17.9 Å². The number of carbonyl (C=O) groups is 2. The van der Waals surface area contributed by atoms with Crippen LogP contribution in [0.15, 0.2) is 64.8 Å². The first-order valence-electron chi connectivity index (χ1n) is 13.5. The van der Waals surface area contributed by atoms with E-state index in [1.165, 1.54) is 11.2 Å². The van der Waals surface area contributed by atoms with Crippen LogP contribution in [0.2, 0.25) is 0 Å². The predicted molar refractivity (Wildman–Crippen MR) is 147 cm³/mol. The third-order valence-electron chi connectivity index (χ3n) is 6.80. The van der Waals surface area contributed by atoms with Crippen molar-refractivity contribution in [3.63, 3.8) is 0 Å². The van der Waals surface area contributed by atoms with Crippen LogP contribution in [0.3, 0.4) is 0 Å². The number of Topliss-reactive ketones (excluding diaryl/α,β-unsaturated/α-hetero) is 1. The van der Waals surface area contributed by atoms with Crippen LogP contribution in [0, 0.1) is 5.92 Å². The van der Waals surface area contributed by atoms with E-state index < -0.39 is 17.7 Å². The second kappa shape index (κ2) is 11.8. The van der Waals surface area contributed by atoms with Gasteiger partial charge >= 0.3 is 0 Å². The Morgan fingerprint density at radius 3 is 2.55 bits per heavy atom. The van der Waals surface area contributed by atoms with E-state index in [0.717, 1.165) is 6.42 Å². The minimum atomic E-state index is -0.901. The summed E-state index contributed by atoms with van der Waals surface area (Å²) in [7, 11) is 0. The Bertz CT molecular complexity index is 1410. The Balaban J connectivity index is 1.59. The number of likely N-dealkylation sites (tertiary alicyclic amines) is 1. The number of carbonyl (C=O) groups excluding carboxylic acids is 2. The van der Waals surface area contributed by atoms with Crippen molar-refractivity contribution in [3.8, 4) is 23.0 Å². The number of hydrogen-bond donors (Lipinski definition) is 1. The molecule has 2 aliphatic rings. The number of fused-ring (bicyclic) bond motifs is 1. The van der Waals surface area contributed by atoms with Crippen LogP contribution in [0.1, 0.15) is 50.1 Å². The molecule has 1 saturated heterocycles. The van der Waals surface area contributed by atoms with Gasteiger partial charge in [0.15, 0.2) is 23.0 Å². The van der Waals surface area contributed by atoms with Gasteiger partial charge in [0.05, 0.1) is 37.6 Å². The number of benzene rings is 2. The van der Waals surface area contributed by atoms with Crippen molar-refractivity contribution in [2.45, 2.75) is 39.8 Å². The van der Waals surface area contributed by atoms with Gasteiger partial charge in [0.2, 0.25) is 0 Å². The van der Waals surface area contributed by atoms with Crippen molar-refractivity contribution in [1.29, 1.82) is 0 Å². The molecule has 9 heteroatoms. The first-order valence-corrected chi connectivity index (χ1v) is 13.5. The van der Waals surface area contributed by atoms with Crippen LogP contribution >= 0.6 is 0 Å². The number of amides is 1. The zero-order valence-electron chi connectivity index (χ0n) is 22.8. The normalized spacial score (nSPS) is 17.9. The van der Waals surface area contributed by atoms with Gasteiger partial charge in [0.25, 0.3) is 11.7 Å². The first kappa shape index (κ1) is 27.2. The largest absolute Gasteiger partial charge is 0.507 e. The van der Waals surface area contributed by atoms with E-state index >= 15 is 0 Å². The van der Waals surface area contributed by atoms with Gasteiger partial charge in [-0.1, -0.05) is 19.9 Å². The molecular weight excluding hydrogens is 514 g/mol. The molecule has 0 unspecified atom stereocenters. The van der Waals surface area contributed by atoms with Gasteiger partial charge in [-0.25, -0.2) is 0 Å². The second-order valence-corrected chi connectivity index (χ2v) is 10.0. The number of ketones is 1. The van der Waals surface area contributed by atoms with E-state index in [1.807, 2.05) is 6.92 Å². The van der Waals surface area contributed by atoms with Gasteiger partial charge in [-0.2, -0.15) is 0 Å². The lowest BCUT2D eigenvalue weighted by molar-refractivity contribution is -0.140. The summed E-state index contributed by atoms with van der Waals surface area (Å²) in [4.78, 5) is 28.2. The molecule has 1 amide bonds.